The van der Waals surface area contributed by atoms with Gasteiger partial charge >= 0.3 is 0 Å². The molecule has 0 fully saturated rings. The highest BCUT2D eigenvalue weighted by molar-refractivity contribution is 6.04. The zero-order chi connectivity index (χ0) is 14.7. The molecule has 6 nitrogen and oxygen atoms in total. The molecule has 3 aromatic rings. The summed E-state index contributed by atoms with van der Waals surface area (Å²) in [6.07, 6.45) is 1.48. The second kappa shape index (κ2) is 5.54. The van der Waals surface area contributed by atoms with E-state index in [1.165, 1.54) is 11.0 Å². The average Bonchev–Trinajstić information content (AvgIpc) is 3.04. The number of tetrazole rings is 1. The van der Waals surface area contributed by atoms with Crippen LogP contribution in [-0.4, -0.2) is 26.1 Å². The molecule has 104 valence electrons. The predicted octanol–water partition coefficient (Wildman–Crippen LogP) is 2.22. The van der Waals surface area contributed by atoms with Crippen LogP contribution in [0.15, 0.2) is 54.9 Å². The van der Waals surface area contributed by atoms with E-state index in [1.807, 2.05) is 37.3 Å². The Morgan fingerprint density at radius 1 is 1.14 bits per heavy atom. The Hall–Kier alpha value is -3.02. The van der Waals surface area contributed by atoms with E-state index in [4.69, 9.17) is 0 Å². The Morgan fingerprint density at radius 2 is 1.95 bits per heavy atom. The first-order valence-corrected chi connectivity index (χ1v) is 6.44. The van der Waals surface area contributed by atoms with E-state index in [2.05, 4.69) is 20.8 Å². The van der Waals surface area contributed by atoms with E-state index < -0.39 is 0 Å². The van der Waals surface area contributed by atoms with Gasteiger partial charge in [0.2, 0.25) is 0 Å². The minimum absolute atomic E-state index is 0.172. The summed E-state index contributed by atoms with van der Waals surface area (Å²) in [7, 11) is 0. The quantitative estimate of drug-likeness (QED) is 0.798. The van der Waals surface area contributed by atoms with Crippen molar-refractivity contribution < 1.29 is 4.79 Å². The summed E-state index contributed by atoms with van der Waals surface area (Å²) in [5.41, 5.74) is 3.19. The van der Waals surface area contributed by atoms with E-state index in [1.54, 1.807) is 18.2 Å². The highest BCUT2D eigenvalue weighted by atomic mass is 16.1. The number of benzene rings is 2. The summed E-state index contributed by atoms with van der Waals surface area (Å²) < 4.78 is 1.50. The number of rotatable bonds is 3. The van der Waals surface area contributed by atoms with Crippen molar-refractivity contribution >= 4 is 11.6 Å². The van der Waals surface area contributed by atoms with E-state index in [-0.39, 0.29) is 5.91 Å². The summed E-state index contributed by atoms with van der Waals surface area (Å²) in [5.74, 6) is -0.172. The summed E-state index contributed by atoms with van der Waals surface area (Å²) in [5, 5.41) is 13.8. The zero-order valence-electron chi connectivity index (χ0n) is 11.4. The number of hydrogen-bond acceptors (Lipinski definition) is 4. The molecule has 0 atom stereocenters. The molecule has 0 aliphatic rings. The number of hydrogen-bond donors (Lipinski definition) is 1. The van der Waals surface area contributed by atoms with Gasteiger partial charge in [-0.3, -0.25) is 4.79 Å². The van der Waals surface area contributed by atoms with Crippen molar-refractivity contribution in [2.75, 3.05) is 5.32 Å². The highest BCUT2D eigenvalue weighted by Crippen LogP contribution is 2.13. The fraction of sp³-hybridized carbons (Fsp3) is 0.0667. The van der Waals surface area contributed by atoms with E-state index in [0.29, 0.717) is 5.56 Å². The third-order valence-electron chi connectivity index (χ3n) is 3.03. The number of carbonyl (C=O) groups excluding carboxylic acids is 1. The molecule has 1 N–H and O–H groups in total. The molecule has 6 heteroatoms. The van der Waals surface area contributed by atoms with Gasteiger partial charge in [-0.05, 0) is 47.7 Å². The Balaban J connectivity index is 1.81. The van der Waals surface area contributed by atoms with E-state index >= 15 is 0 Å². The van der Waals surface area contributed by atoms with Gasteiger partial charge in [-0.2, -0.15) is 0 Å². The predicted molar refractivity (Wildman–Crippen MR) is 78.3 cm³/mol. The number of amides is 1. The largest absolute Gasteiger partial charge is 0.322 e. The van der Waals surface area contributed by atoms with Crippen molar-refractivity contribution in [3.8, 4) is 5.69 Å². The smallest absolute Gasteiger partial charge is 0.255 e. The summed E-state index contributed by atoms with van der Waals surface area (Å²) >= 11 is 0. The molecule has 0 saturated carbocycles. The summed E-state index contributed by atoms with van der Waals surface area (Å²) in [6, 6.07) is 14.8. The van der Waals surface area contributed by atoms with Crippen molar-refractivity contribution in [2.24, 2.45) is 0 Å². The molecule has 3 rings (SSSR count). The highest BCUT2D eigenvalue weighted by Gasteiger charge is 2.08. The van der Waals surface area contributed by atoms with Crippen molar-refractivity contribution in [1.82, 2.24) is 20.2 Å². The molecule has 0 aliphatic heterocycles. The SMILES string of the molecule is Cc1ccc(NC(=O)c2cccc(-n3cnnn3)c2)cc1. The van der Waals surface area contributed by atoms with Crippen molar-refractivity contribution in [3.63, 3.8) is 0 Å². The van der Waals surface area contributed by atoms with Gasteiger partial charge in [0, 0.05) is 11.3 Å². The number of nitrogens with zero attached hydrogens (tertiary/aromatic N) is 4. The van der Waals surface area contributed by atoms with E-state index in [0.717, 1.165) is 16.9 Å². The molecular formula is C15H13N5O. The Bertz CT molecular complexity index is 750. The normalized spacial score (nSPS) is 10.3. The molecule has 1 amide bonds. The zero-order valence-corrected chi connectivity index (χ0v) is 11.4. The van der Waals surface area contributed by atoms with Crippen LogP contribution in [0.25, 0.3) is 5.69 Å². The molecule has 21 heavy (non-hydrogen) atoms. The molecule has 0 radical (unpaired) electrons. The maximum Gasteiger partial charge on any atom is 0.255 e. The Kier molecular flexibility index (Phi) is 3.42. The lowest BCUT2D eigenvalue weighted by Crippen LogP contribution is -2.12. The van der Waals surface area contributed by atoms with Gasteiger partial charge in [0.1, 0.15) is 6.33 Å². The van der Waals surface area contributed by atoms with Crippen LogP contribution in [-0.2, 0) is 0 Å². The van der Waals surface area contributed by atoms with E-state index in [9.17, 15) is 4.79 Å². The molecule has 1 heterocycles. The molecular weight excluding hydrogens is 266 g/mol. The van der Waals surface area contributed by atoms with Gasteiger partial charge in [-0.1, -0.05) is 23.8 Å². The fourth-order valence-electron chi connectivity index (χ4n) is 1.91. The third kappa shape index (κ3) is 2.94. The minimum Gasteiger partial charge on any atom is -0.322 e. The van der Waals surface area contributed by atoms with Crippen molar-refractivity contribution in [1.29, 1.82) is 0 Å². The molecule has 0 bridgehead atoms. The van der Waals surface area contributed by atoms with Crippen LogP contribution in [0.4, 0.5) is 5.69 Å². The molecule has 2 aromatic carbocycles. The number of carbonyl (C=O) groups is 1. The van der Waals surface area contributed by atoms with Gasteiger partial charge in [-0.15, -0.1) is 5.10 Å². The molecule has 0 spiro atoms. The first kappa shape index (κ1) is 13.0. The fourth-order valence-corrected chi connectivity index (χ4v) is 1.91. The molecule has 0 saturated heterocycles. The number of aryl methyl sites for hydroxylation is 1. The standard InChI is InChI=1S/C15H13N5O/c1-11-5-7-13(8-6-11)17-15(21)12-3-2-4-14(9-12)20-10-16-18-19-20/h2-10H,1H3,(H,17,21). The third-order valence-corrected chi connectivity index (χ3v) is 3.03. The second-order valence-electron chi connectivity index (χ2n) is 4.62. The average molecular weight is 279 g/mol. The second-order valence-corrected chi connectivity index (χ2v) is 4.62. The lowest BCUT2D eigenvalue weighted by Gasteiger charge is -2.07. The monoisotopic (exact) mass is 279 g/mol. The van der Waals surface area contributed by atoms with Gasteiger partial charge in [0.15, 0.2) is 0 Å². The van der Waals surface area contributed by atoms with Crippen LogP contribution in [0, 0.1) is 6.92 Å². The lowest BCUT2D eigenvalue weighted by atomic mass is 10.1. The first-order valence-electron chi connectivity index (χ1n) is 6.44. The maximum absolute atomic E-state index is 12.2. The van der Waals surface area contributed by atoms with Crippen LogP contribution < -0.4 is 5.32 Å². The van der Waals surface area contributed by atoms with Crippen LogP contribution in [0.5, 0.6) is 0 Å². The molecule has 0 aliphatic carbocycles. The van der Waals surface area contributed by atoms with Crippen LogP contribution in [0.1, 0.15) is 15.9 Å². The molecule has 0 unspecified atom stereocenters. The maximum atomic E-state index is 12.2. The van der Waals surface area contributed by atoms with Crippen LogP contribution in [0.3, 0.4) is 0 Å². The number of anilines is 1. The first-order chi connectivity index (χ1) is 10.2. The van der Waals surface area contributed by atoms with Gasteiger partial charge < -0.3 is 5.32 Å². The Labute approximate surface area is 121 Å². The molecule has 1 aromatic heterocycles. The lowest BCUT2D eigenvalue weighted by molar-refractivity contribution is 0.102. The van der Waals surface area contributed by atoms with Crippen LogP contribution >= 0.6 is 0 Å². The van der Waals surface area contributed by atoms with Gasteiger partial charge in [0.25, 0.3) is 5.91 Å². The van der Waals surface area contributed by atoms with Gasteiger partial charge in [0.05, 0.1) is 5.69 Å². The summed E-state index contributed by atoms with van der Waals surface area (Å²) in [4.78, 5) is 12.2. The summed E-state index contributed by atoms with van der Waals surface area (Å²) in [6.45, 7) is 2.00. The van der Waals surface area contributed by atoms with Crippen molar-refractivity contribution in [3.05, 3.63) is 66.0 Å². The number of aromatic nitrogens is 4. The van der Waals surface area contributed by atoms with Crippen LogP contribution in [0.2, 0.25) is 0 Å². The topological polar surface area (TPSA) is 72.7 Å². The van der Waals surface area contributed by atoms with Gasteiger partial charge in [-0.25, -0.2) is 4.68 Å². The minimum atomic E-state index is -0.172. The number of nitrogens with one attached hydrogen (secondary N) is 1. The van der Waals surface area contributed by atoms with Crippen molar-refractivity contribution in [2.45, 2.75) is 6.92 Å². The Morgan fingerprint density at radius 3 is 2.67 bits per heavy atom.